The molecule has 24 heavy (non-hydrogen) atoms. The van der Waals surface area contributed by atoms with E-state index in [0.29, 0.717) is 21.3 Å². The molecule has 0 saturated heterocycles. The highest BCUT2D eigenvalue weighted by molar-refractivity contribution is 7.17. The summed E-state index contributed by atoms with van der Waals surface area (Å²) in [5.41, 5.74) is 3.41. The van der Waals surface area contributed by atoms with Gasteiger partial charge in [0.1, 0.15) is 0 Å². The predicted molar refractivity (Wildman–Crippen MR) is 95.0 cm³/mol. The maximum absolute atomic E-state index is 12.2. The van der Waals surface area contributed by atoms with Crippen LogP contribution < -0.4 is 5.32 Å². The fraction of sp³-hybridized carbons (Fsp3) is 0.333. The molecular formula is C18H20N2O3S. The maximum Gasteiger partial charge on any atom is 0.226 e. The minimum atomic E-state index is -0.281. The van der Waals surface area contributed by atoms with Gasteiger partial charge in [0.15, 0.2) is 16.7 Å². The van der Waals surface area contributed by atoms with Crippen molar-refractivity contribution in [2.24, 2.45) is 0 Å². The lowest BCUT2D eigenvalue weighted by atomic mass is 10.0. The first-order valence-electron chi connectivity index (χ1n) is 7.66. The largest absolute Gasteiger partial charge is 0.302 e. The Bertz CT molecular complexity index is 809. The van der Waals surface area contributed by atoms with Crippen LogP contribution in [0.2, 0.25) is 0 Å². The Balaban J connectivity index is 1.93. The smallest absolute Gasteiger partial charge is 0.226 e. The highest BCUT2D eigenvalue weighted by atomic mass is 32.1. The van der Waals surface area contributed by atoms with Gasteiger partial charge in [0.2, 0.25) is 5.91 Å². The summed E-state index contributed by atoms with van der Waals surface area (Å²) in [4.78, 5) is 40.3. The average Bonchev–Trinajstić information content (AvgIpc) is 2.88. The fourth-order valence-corrected chi connectivity index (χ4v) is 3.12. The van der Waals surface area contributed by atoms with Gasteiger partial charge in [-0.25, -0.2) is 4.98 Å². The number of aryl methyl sites for hydroxylation is 3. The molecule has 1 amide bonds. The van der Waals surface area contributed by atoms with E-state index in [1.54, 1.807) is 13.0 Å². The monoisotopic (exact) mass is 344 g/mol. The molecule has 0 bridgehead atoms. The first-order chi connectivity index (χ1) is 11.3. The molecule has 0 unspecified atom stereocenters. The number of nitrogens with one attached hydrogen (secondary N) is 1. The van der Waals surface area contributed by atoms with Gasteiger partial charge in [-0.3, -0.25) is 14.4 Å². The molecule has 6 heteroatoms. The van der Waals surface area contributed by atoms with Crippen molar-refractivity contribution in [3.63, 3.8) is 0 Å². The lowest BCUT2D eigenvalue weighted by Crippen LogP contribution is -2.13. The number of thiazole rings is 1. The Kier molecular flexibility index (Phi) is 5.62. The molecule has 1 N–H and O–H groups in total. The van der Waals surface area contributed by atoms with Gasteiger partial charge in [-0.2, -0.15) is 0 Å². The third kappa shape index (κ3) is 4.35. The number of Topliss-reactive ketones (excluding diaryl/α,β-unsaturated/α-hetero) is 2. The van der Waals surface area contributed by atoms with Crippen molar-refractivity contribution < 1.29 is 14.4 Å². The Morgan fingerprint density at radius 1 is 1.08 bits per heavy atom. The van der Waals surface area contributed by atoms with Crippen LogP contribution in [0.25, 0.3) is 0 Å². The third-order valence-electron chi connectivity index (χ3n) is 3.77. The molecule has 2 aromatic rings. The van der Waals surface area contributed by atoms with Gasteiger partial charge in [0.25, 0.3) is 0 Å². The number of ketones is 2. The van der Waals surface area contributed by atoms with Crippen LogP contribution in [0.1, 0.15) is 56.6 Å². The van der Waals surface area contributed by atoms with Gasteiger partial charge in [-0.1, -0.05) is 23.5 Å². The molecule has 0 aliphatic rings. The zero-order valence-corrected chi connectivity index (χ0v) is 15.0. The van der Waals surface area contributed by atoms with Crippen LogP contribution >= 0.6 is 11.3 Å². The standard InChI is InChI=1S/C18H20N2O3S/c1-10-5-6-14(9-11(10)2)15(22)7-8-16(23)20-18-19-12(3)17(24-18)13(4)21/h5-6,9H,7-8H2,1-4H3,(H,19,20,23). The van der Waals surface area contributed by atoms with Crippen LogP contribution in [0.5, 0.6) is 0 Å². The number of carbonyl (C=O) groups excluding carboxylic acids is 3. The second kappa shape index (κ2) is 7.49. The molecule has 126 valence electrons. The molecule has 1 aromatic carbocycles. The minimum absolute atomic E-state index is 0.0620. The first kappa shape index (κ1) is 18.0. The van der Waals surface area contributed by atoms with Crippen molar-refractivity contribution >= 4 is 33.9 Å². The average molecular weight is 344 g/mol. The molecule has 0 radical (unpaired) electrons. The fourth-order valence-electron chi connectivity index (χ4n) is 2.24. The zero-order valence-electron chi connectivity index (χ0n) is 14.2. The summed E-state index contributed by atoms with van der Waals surface area (Å²) in [5.74, 6) is -0.417. The van der Waals surface area contributed by atoms with Gasteiger partial charge >= 0.3 is 0 Å². The summed E-state index contributed by atoms with van der Waals surface area (Å²) < 4.78 is 0. The second-order valence-corrected chi connectivity index (χ2v) is 6.76. The third-order valence-corrected chi connectivity index (χ3v) is 4.94. The Hall–Kier alpha value is -2.34. The van der Waals surface area contributed by atoms with E-state index in [9.17, 15) is 14.4 Å². The van der Waals surface area contributed by atoms with E-state index in [-0.39, 0.29) is 30.3 Å². The number of carbonyl (C=O) groups is 3. The van der Waals surface area contributed by atoms with E-state index in [2.05, 4.69) is 10.3 Å². The molecule has 0 atom stereocenters. The number of benzene rings is 1. The zero-order chi connectivity index (χ0) is 17.9. The van der Waals surface area contributed by atoms with E-state index in [4.69, 9.17) is 0 Å². The van der Waals surface area contributed by atoms with Crippen LogP contribution in [0.3, 0.4) is 0 Å². The van der Waals surface area contributed by atoms with E-state index < -0.39 is 0 Å². The number of hydrogen-bond donors (Lipinski definition) is 1. The predicted octanol–water partition coefficient (Wildman–Crippen LogP) is 3.87. The minimum Gasteiger partial charge on any atom is -0.302 e. The SMILES string of the molecule is CC(=O)c1sc(NC(=O)CCC(=O)c2ccc(C)c(C)c2)nc1C. The number of amides is 1. The molecule has 0 spiro atoms. The lowest BCUT2D eigenvalue weighted by molar-refractivity contribution is -0.116. The lowest BCUT2D eigenvalue weighted by Gasteiger charge is -2.05. The molecule has 0 aliphatic carbocycles. The van der Waals surface area contributed by atoms with Crippen LogP contribution in [-0.4, -0.2) is 22.5 Å². The quantitative estimate of drug-likeness (QED) is 0.807. The summed E-state index contributed by atoms with van der Waals surface area (Å²) in [6, 6.07) is 5.54. The van der Waals surface area contributed by atoms with Crippen molar-refractivity contribution in [2.75, 3.05) is 5.32 Å². The maximum atomic E-state index is 12.2. The Morgan fingerprint density at radius 2 is 1.79 bits per heavy atom. The van der Waals surface area contributed by atoms with Crippen LogP contribution in [0.4, 0.5) is 5.13 Å². The topological polar surface area (TPSA) is 76.1 Å². The van der Waals surface area contributed by atoms with E-state index in [1.165, 1.54) is 6.92 Å². The highest BCUT2D eigenvalue weighted by Gasteiger charge is 2.15. The molecule has 1 aromatic heterocycles. The van der Waals surface area contributed by atoms with E-state index in [1.807, 2.05) is 26.0 Å². The molecule has 0 aliphatic heterocycles. The molecule has 5 nitrogen and oxygen atoms in total. The Morgan fingerprint density at radius 3 is 2.38 bits per heavy atom. The van der Waals surface area contributed by atoms with Gasteiger partial charge < -0.3 is 5.32 Å². The normalized spacial score (nSPS) is 10.5. The number of aromatic nitrogens is 1. The van der Waals surface area contributed by atoms with Crippen molar-refractivity contribution in [3.05, 3.63) is 45.5 Å². The van der Waals surface area contributed by atoms with E-state index >= 15 is 0 Å². The summed E-state index contributed by atoms with van der Waals surface area (Å²) in [6.07, 6.45) is 0.220. The van der Waals surface area contributed by atoms with Gasteiger partial charge in [-0.15, -0.1) is 0 Å². The summed E-state index contributed by atoms with van der Waals surface area (Å²) in [5, 5.41) is 3.04. The molecule has 2 rings (SSSR count). The Labute approximate surface area is 145 Å². The van der Waals surface area contributed by atoms with Crippen LogP contribution in [0, 0.1) is 20.8 Å². The molecule has 0 saturated carbocycles. The highest BCUT2D eigenvalue weighted by Crippen LogP contribution is 2.23. The second-order valence-electron chi connectivity index (χ2n) is 5.76. The number of hydrogen-bond acceptors (Lipinski definition) is 5. The van der Waals surface area contributed by atoms with Crippen molar-refractivity contribution in [2.45, 2.75) is 40.5 Å². The van der Waals surface area contributed by atoms with Gasteiger partial charge in [-0.05, 0) is 38.0 Å². The number of anilines is 1. The first-order valence-corrected chi connectivity index (χ1v) is 8.48. The number of rotatable bonds is 6. The van der Waals surface area contributed by atoms with Crippen molar-refractivity contribution in [3.8, 4) is 0 Å². The number of nitrogens with zero attached hydrogens (tertiary/aromatic N) is 1. The molecule has 0 fully saturated rings. The van der Waals surface area contributed by atoms with E-state index in [0.717, 1.165) is 22.5 Å². The van der Waals surface area contributed by atoms with Crippen LogP contribution in [0.15, 0.2) is 18.2 Å². The summed E-state index contributed by atoms with van der Waals surface area (Å²) in [7, 11) is 0. The van der Waals surface area contributed by atoms with Gasteiger partial charge in [0.05, 0.1) is 10.6 Å². The van der Waals surface area contributed by atoms with Gasteiger partial charge in [0, 0.05) is 25.3 Å². The summed E-state index contributed by atoms with van der Waals surface area (Å²) in [6.45, 7) is 7.14. The summed E-state index contributed by atoms with van der Waals surface area (Å²) >= 11 is 1.15. The van der Waals surface area contributed by atoms with Crippen LogP contribution in [-0.2, 0) is 4.79 Å². The van der Waals surface area contributed by atoms with Crippen molar-refractivity contribution in [1.82, 2.24) is 4.98 Å². The van der Waals surface area contributed by atoms with Crippen molar-refractivity contribution in [1.29, 1.82) is 0 Å². The molecular weight excluding hydrogens is 324 g/mol. The molecule has 1 heterocycles.